The quantitative estimate of drug-likeness (QED) is 0.670. The number of anilines is 1. The lowest BCUT2D eigenvalue weighted by Crippen LogP contribution is -2.26. The van der Waals surface area contributed by atoms with E-state index in [-0.39, 0.29) is 0 Å². The van der Waals surface area contributed by atoms with E-state index in [4.69, 9.17) is 0 Å². The van der Waals surface area contributed by atoms with Gasteiger partial charge in [-0.05, 0) is 24.6 Å². The minimum absolute atomic E-state index is 0.839. The predicted octanol–water partition coefficient (Wildman–Crippen LogP) is 1.24. The largest absolute Gasteiger partial charge is 0.354 e. The molecular formula is C11H13N5. The highest BCUT2D eigenvalue weighted by molar-refractivity contribution is 5.97. The number of imidazole rings is 1. The van der Waals surface area contributed by atoms with Crippen LogP contribution < -0.4 is 10.6 Å². The minimum atomic E-state index is 0.839. The molecule has 0 fully saturated rings. The molecular weight excluding hydrogens is 202 g/mol. The highest BCUT2D eigenvalue weighted by Crippen LogP contribution is 2.21. The molecule has 2 heterocycles. The van der Waals surface area contributed by atoms with Crippen LogP contribution >= 0.6 is 0 Å². The van der Waals surface area contributed by atoms with Crippen LogP contribution in [-0.2, 0) is 0 Å². The Bertz CT molecular complexity index is 555. The van der Waals surface area contributed by atoms with E-state index >= 15 is 0 Å². The Labute approximate surface area is 93.0 Å². The van der Waals surface area contributed by atoms with Gasteiger partial charge in [0.15, 0.2) is 5.96 Å². The number of nitrogens with zero attached hydrogens (tertiary/aromatic N) is 2. The first-order valence-corrected chi connectivity index (χ1v) is 5.32. The average Bonchev–Trinajstić information content (AvgIpc) is 2.89. The molecule has 82 valence electrons. The molecule has 0 bridgehead atoms. The molecule has 0 saturated heterocycles. The van der Waals surface area contributed by atoms with Gasteiger partial charge in [0, 0.05) is 12.2 Å². The number of aryl methyl sites for hydroxylation is 1. The number of aromatic nitrogens is 2. The summed E-state index contributed by atoms with van der Waals surface area (Å²) in [5, 5.41) is 6.46. The van der Waals surface area contributed by atoms with Gasteiger partial charge in [-0.2, -0.15) is 0 Å². The molecule has 1 aromatic heterocycles. The topological polar surface area (TPSA) is 65.1 Å². The Balaban J connectivity index is 1.98. The lowest BCUT2D eigenvalue weighted by Gasteiger charge is -2.09. The second kappa shape index (κ2) is 3.52. The van der Waals surface area contributed by atoms with Crippen molar-refractivity contribution in [2.45, 2.75) is 6.92 Å². The third-order valence-electron chi connectivity index (χ3n) is 2.69. The van der Waals surface area contributed by atoms with Crippen molar-refractivity contribution in [3.63, 3.8) is 0 Å². The number of rotatable bonds is 1. The summed E-state index contributed by atoms with van der Waals surface area (Å²) in [6.07, 6.45) is 1.71. The van der Waals surface area contributed by atoms with Gasteiger partial charge in [0.1, 0.15) is 0 Å². The fourth-order valence-corrected chi connectivity index (χ4v) is 1.83. The smallest absolute Gasteiger partial charge is 0.195 e. The fraction of sp³-hybridized carbons (Fsp3) is 0.273. The molecule has 5 heteroatoms. The van der Waals surface area contributed by atoms with Gasteiger partial charge in [-0.3, -0.25) is 4.99 Å². The van der Waals surface area contributed by atoms with E-state index in [9.17, 15) is 0 Å². The molecule has 1 aromatic carbocycles. The van der Waals surface area contributed by atoms with E-state index in [1.54, 1.807) is 6.33 Å². The van der Waals surface area contributed by atoms with E-state index < -0.39 is 0 Å². The Hall–Kier alpha value is -2.04. The van der Waals surface area contributed by atoms with Crippen molar-refractivity contribution in [2.24, 2.45) is 4.99 Å². The first-order chi connectivity index (χ1) is 7.83. The van der Waals surface area contributed by atoms with Crippen LogP contribution in [0.3, 0.4) is 0 Å². The third-order valence-corrected chi connectivity index (χ3v) is 2.69. The zero-order valence-corrected chi connectivity index (χ0v) is 9.04. The normalized spacial score (nSPS) is 14.9. The molecule has 5 nitrogen and oxygen atoms in total. The number of benzene rings is 1. The Morgan fingerprint density at radius 3 is 3.12 bits per heavy atom. The maximum atomic E-state index is 4.31. The summed E-state index contributed by atoms with van der Waals surface area (Å²) >= 11 is 0. The van der Waals surface area contributed by atoms with Crippen LogP contribution in [0, 0.1) is 6.92 Å². The van der Waals surface area contributed by atoms with Crippen molar-refractivity contribution in [3.05, 3.63) is 24.0 Å². The molecule has 3 N–H and O–H groups in total. The molecule has 3 rings (SSSR count). The van der Waals surface area contributed by atoms with Gasteiger partial charge in [-0.1, -0.05) is 0 Å². The van der Waals surface area contributed by atoms with Gasteiger partial charge in [0.2, 0.25) is 0 Å². The van der Waals surface area contributed by atoms with Crippen LogP contribution in [0.2, 0.25) is 0 Å². The standard InChI is InChI=1S/C11H13N5/c1-7-4-9-10(15-6-14-9)5-8(7)16-11-12-2-3-13-11/h4-6H,2-3H2,1H3,(H,14,15)(H2,12,13,16). The summed E-state index contributed by atoms with van der Waals surface area (Å²) in [7, 11) is 0. The van der Waals surface area contributed by atoms with Gasteiger partial charge >= 0.3 is 0 Å². The first-order valence-electron chi connectivity index (χ1n) is 5.32. The molecule has 0 radical (unpaired) electrons. The number of hydrogen-bond acceptors (Lipinski definition) is 4. The highest BCUT2D eigenvalue weighted by Gasteiger charge is 2.08. The molecule has 1 aliphatic heterocycles. The number of guanidine groups is 1. The van der Waals surface area contributed by atoms with Crippen LogP contribution in [0.5, 0.6) is 0 Å². The molecule has 0 spiro atoms. The molecule has 0 saturated carbocycles. The van der Waals surface area contributed by atoms with E-state index in [2.05, 4.69) is 38.6 Å². The van der Waals surface area contributed by atoms with Crippen molar-refractivity contribution in [1.29, 1.82) is 0 Å². The molecule has 1 aliphatic rings. The fourth-order valence-electron chi connectivity index (χ4n) is 1.83. The second-order valence-corrected chi connectivity index (χ2v) is 3.87. The van der Waals surface area contributed by atoms with E-state index in [1.165, 1.54) is 5.56 Å². The van der Waals surface area contributed by atoms with E-state index in [1.807, 2.05) is 6.07 Å². The van der Waals surface area contributed by atoms with Crippen molar-refractivity contribution >= 4 is 22.7 Å². The highest BCUT2D eigenvalue weighted by atomic mass is 15.2. The van der Waals surface area contributed by atoms with Crippen LogP contribution in [0.1, 0.15) is 5.56 Å². The summed E-state index contributed by atoms with van der Waals surface area (Å²) in [5.41, 5.74) is 4.25. The number of nitrogens with one attached hydrogen (secondary N) is 3. The van der Waals surface area contributed by atoms with Gasteiger partial charge in [0.05, 0.1) is 23.9 Å². The molecule has 0 unspecified atom stereocenters. The third kappa shape index (κ3) is 1.50. The summed E-state index contributed by atoms with van der Waals surface area (Å²) in [6, 6.07) is 4.11. The molecule has 16 heavy (non-hydrogen) atoms. The first kappa shape index (κ1) is 9.21. The Kier molecular flexibility index (Phi) is 2.02. The Morgan fingerprint density at radius 1 is 1.38 bits per heavy atom. The lowest BCUT2D eigenvalue weighted by atomic mass is 10.2. The summed E-state index contributed by atoms with van der Waals surface area (Å²) in [4.78, 5) is 11.6. The SMILES string of the molecule is Cc1cc2[nH]cnc2cc1NC1=NCCN1. The monoisotopic (exact) mass is 215 g/mol. The van der Waals surface area contributed by atoms with Crippen molar-refractivity contribution in [1.82, 2.24) is 15.3 Å². The maximum Gasteiger partial charge on any atom is 0.195 e. The van der Waals surface area contributed by atoms with Crippen LogP contribution in [0.15, 0.2) is 23.5 Å². The van der Waals surface area contributed by atoms with Crippen molar-refractivity contribution < 1.29 is 0 Å². The van der Waals surface area contributed by atoms with Crippen molar-refractivity contribution in [3.8, 4) is 0 Å². The van der Waals surface area contributed by atoms with Crippen LogP contribution in [-0.4, -0.2) is 29.0 Å². The summed E-state index contributed by atoms with van der Waals surface area (Å²) < 4.78 is 0. The number of aliphatic imine (C=N–C) groups is 1. The Morgan fingerprint density at radius 2 is 2.31 bits per heavy atom. The number of H-pyrrole nitrogens is 1. The zero-order chi connectivity index (χ0) is 11.0. The van der Waals surface area contributed by atoms with E-state index in [0.717, 1.165) is 35.8 Å². The molecule has 0 amide bonds. The van der Waals surface area contributed by atoms with Gasteiger partial charge in [-0.25, -0.2) is 4.98 Å². The maximum absolute atomic E-state index is 4.31. The van der Waals surface area contributed by atoms with Gasteiger partial charge in [0.25, 0.3) is 0 Å². The number of fused-ring (bicyclic) bond motifs is 1. The predicted molar refractivity (Wildman–Crippen MR) is 64.8 cm³/mol. The zero-order valence-electron chi connectivity index (χ0n) is 9.04. The minimum Gasteiger partial charge on any atom is -0.354 e. The summed E-state index contributed by atoms with van der Waals surface area (Å²) in [5.74, 6) is 0.845. The second-order valence-electron chi connectivity index (χ2n) is 3.87. The molecule has 2 aromatic rings. The van der Waals surface area contributed by atoms with Crippen LogP contribution in [0.4, 0.5) is 5.69 Å². The molecule has 0 atom stereocenters. The van der Waals surface area contributed by atoms with Crippen molar-refractivity contribution in [2.75, 3.05) is 18.4 Å². The van der Waals surface area contributed by atoms with Gasteiger partial charge < -0.3 is 15.6 Å². The van der Waals surface area contributed by atoms with Gasteiger partial charge in [-0.15, -0.1) is 0 Å². The molecule has 0 aliphatic carbocycles. The van der Waals surface area contributed by atoms with Crippen LogP contribution in [0.25, 0.3) is 11.0 Å². The lowest BCUT2D eigenvalue weighted by molar-refractivity contribution is 0.959. The average molecular weight is 215 g/mol. The number of hydrogen-bond donors (Lipinski definition) is 3. The number of aromatic amines is 1. The van der Waals surface area contributed by atoms with E-state index in [0.29, 0.717) is 0 Å². The summed E-state index contributed by atoms with van der Waals surface area (Å²) in [6.45, 7) is 3.82.